The van der Waals surface area contributed by atoms with Crippen LogP contribution in [0.1, 0.15) is 18.4 Å². The molecule has 1 aromatic rings. The molecule has 0 unspecified atom stereocenters. The van der Waals surface area contributed by atoms with Crippen molar-refractivity contribution in [1.82, 2.24) is 4.90 Å². The van der Waals surface area contributed by atoms with Crippen LogP contribution in [0.3, 0.4) is 0 Å². The van der Waals surface area contributed by atoms with Crippen LogP contribution in [-0.2, 0) is 25.5 Å². The summed E-state index contributed by atoms with van der Waals surface area (Å²) in [7, 11) is 2.94. The van der Waals surface area contributed by atoms with Crippen LogP contribution in [0.5, 0.6) is 5.75 Å². The summed E-state index contributed by atoms with van der Waals surface area (Å²) in [6, 6.07) is 6.98. The van der Waals surface area contributed by atoms with Crippen molar-refractivity contribution in [3.05, 3.63) is 29.8 Å². The topological polar surface area (TPSA) is 91.1 Å². The molecule has 7 nitrogen and oxygen atoms in total. The molecule has 1 aromatic carbocycles. The summed E-state index contributed by atoms with van der Waals surface area (Å²) in [5.41, 5.74) is 7.08. The molecule has 1 fully saturated rings. The lowest BCUT2D eigenvalue weighted by Gasteiger charge is -2.33. The molecule has 0 radical (unpaired) electrons. The first-order valence-corrected chi connectivity index (χ1v) is 8.39. The third-order valence-corrected chi connectivity index (χ3v) is 4.35. The maximum absolute atomic E-state index is 12.5. The van der Waals surface area contributed by atoms with E-state index in [4.69, 9.17) is 15.2 Å². The van der Waals surface area contributed by atoms with Crippen molar-refractivity contribution in [2.75, 3.05) is 33.9 Å². The number of nitrogens with two attached hydrogens (primary N) is 1. The van der Waals surface area contributed by atoms with Crippen LogP contribution in [0.15, 0.2) is 24.3 Å². The van der Waals surface area contributed by atoms with Gasteiger partial charge in [-0.25, -0.2) is 4.79 Å². The molecule has 138 valence electrons. The van der Waals surface area contributed by atoms with Crippen molar-refractivity contribution in [3.63, 3.8) is 0 Å². The molecule has 0 spiro atoms. The summed E-state index contributed by atoms with van der Waals surface area (Å²) in [4.78, 5) is 25.4. The Balaban J connectivity index is 1.77. The van der Waals surface area contributed by atoms with Gasteiger partial charge in [-0.3, -0.25) is 4.79 Å². The van der Waals surface area contributed by atoms with Crippen molar-refractivity contribution < 1.29 is 23.8 Å². The highest BCUT2D eigenvalue weighted by Crippen LogP contribution is 2.16. The molecule has 1 aliphatic rings. The van der Waals surface area contributed by atoms with Crippen LogP contribution in [0.4, 0.5) is 0 Å². The molecule has 1 atom stereocenters. The van der Waals surface area contributed by atoms with Gasteiger partial charge >= 0.3 is 5.97 Å². The number of esters is 1. The first kappa shape index (κ1) is 19.2. The Labute approximate surface area is 148 Å². The molecule has 0 bridgehead atoms. The van der Waals surface area contributed by atoms with E-state index in [0.29, 0.717) is 32.4 Å². The van der Waals surface area contributed by atoms with Crippen molar-refractivity contribution >= 4 is 11.9 Å². The van der Waals surface area contributed by atoms with E-state index in [9.17, 15) is 9.59 Å². The fraction of sp³-hybridized carbons (Fsp3) is 0.556. The lowest BCUT2D eigenvalue weighted by atomic mass is 10.0. The van der Waals surface area contributed by atoms with E-state index in [1.807, 2.05) is 24.3 Å². The summed E-state index contributed by atoms with van der Waals surface area (Å²) in [6.07, 6.45) is 1.85. The lowest BCUT2D eigenvalue weighted by Crippen LogP contribution is -2.49. The summed E-state index contributed by atoms with van der Waals surface area (Å²) in [5.74, 6) is 0.333. The number of nitrogens with zero attached hydrogens (tertiary/aromatic N) is 1. The number of carbonyl (C=O) groups excluding carboxylic acids is 2. The van der Waals surface area contributed by atoms with Gasteiger partial charge in [-0.15, -0.1) is 0 Å². The van der Waals surface area contributed by atoms with E-state index >= 15 is 0 Å². The Morgan fingerprint density at radius 1 is 1.20 bits per heavy atom. The van der Waals surface area contributed by atoms with Gasteiger partial charge in [0.15, 0.2) is 0 Å². The van der Waals surface area contributed by atoms with Crippen LogP contribution in [0.25, 0.3) is 0 Å². The number of hydrogen-bond acceptors (Lipinski definition) is 6. The Morgan fingerprint density at radius 3 is 2.40 bits per heavy atom. The lowest BCUT2D eigenvalue weighted by molar-refractivity contribution is -0.150. The van der Waals surface area contributed by atoms with Gasteiger partial charge in [-0.05, 0) is 37.0 Å². The highest BCUT2D eigenvalue weighted by atomic mass is 16.6. The summed E-state index contributed by atoms with van der Waals surface area (Å²) < 4.78 is 15.2. The average molecular weight is 350 g/mol. The minimum absolute atomic E-state index is 0.0269. The van der Waals surface area contributed by atoms with E-state index < -0.39 is 6.04 Å². The number of hydrogen-bond donors (Lipinski definition) is 1. The number of likely N-dealkylation sites (tertiary alicyclic amines) is 1. The average Bonchev–Trinajstić information content (AvgIpc) is 2.66. The fourth-order valence-electron chi connectivity index (χ4n) is 2.83. The van der Waals surface area contributed by atoms with E-state index in [0.717, 1.165) is 11.3 Å². The number of benzene rings is 1. The first-order chi connectivity index (χ1) is 12.0. The van der Waals surface area contributed by atoms with Gasteiger partial charge in [-0.1, -0.05) is 12.1 Å². The SMILES string of the molecule is COC(=O)COC1CCN(C(=O)[C@@H](N)Cc2ccc(OC)cc2)CC1. The van der Waals surface area contributed by atoms with Gasteiger partial charge in [0, 0.05) is 13.1 Å². The highest BCUT2D eigenvalue weighted by Gasteiger charge is 2.27. The standard InChI is InChI=1S/C18H26N2O5/c1-23-14-5-3-13(4-6-14)11-16(19)18(22)20-9-7-15(8-10-20)25-12-17(21)24-2/h3-6,15-16H,7-12,19H2,1-2H3/t16-/m0/s1. The molecular formula is C18H26N2O5. The number of amides is 1. The second-order valence-electron chi connectivity index (χ2n) is 6.07. The van der Waals surface area contributed by atoms with Crippen LogP contribution < -0.4 is 10.5 Å². The Hall–Kier alpha value is -2.12. The third-order valence-electron chi connectivity index (χ3n) is 4.35. The Morgan fingerprint density at radius 2 is 1.84 bits per heavy atom. The minimum Gasteiger partial charge on any atom is -0.497 e. The molecule has 2 N–H and O–H groups in total. The highest BCUT2D eigenvalue weighted by molar-refractivity contribution is 5.82. The number of ether oxygens (including phenoxy) is 3. The van der Waals surface area contributed by atoms with E-state index in [1.54, 1.807) is 12.0 Å². The minimum atomic E-state index is -0.569. The molecule has 7 heteroatoms. The predicted octanol–water partition coefficient (Wildman–Crippen LogP) is 0.746. The molecule has 25 heavy (non-hydrogen) atoms. The molecule has 1 aliphatic heterocycles. The van der Waals surface area contributed by atoms with Gasteiger partial charge in [0.2, 0.25) is 5.91 Å². The zero-order chi connectivity index (χ0) is 18.2. The van der Waals surface area contributed by atoms with Gasteiger partial charge < -0.3 is 24.8 Å². The molecule has 1 heterocycles. The largest absolute Gasteiger partial charge is 0.497 e. The van der Waals surface area contributed by atoms with Gasteiger partial charge in [-0.2, -0.15) is 0 Å². The maximum atomic E-state index is 12.5. The number of piperidine rings is 1. The van der Waals surface area contributed by atoms with E-state index in [2.05, 4.69) is 4.74 Å². The van der Waals surface area contributed by atoms with Gasteiger partial charge in [0.25, 0.3) is 0 Å². The maximum Gasteiger partial charge on any atom is 0.331 e. The first-order valence-electron chi connectivity index (χ1n) is 8.39. The Kier molecular flexibility index (Phi) is 7.21. The third kappa shape index (κ3) is 5.72. The molecule has 0 aromatic heterocycles. The molecule has 0 aliphatic carbocycles. The molecule has 1 amide bonds. The predicted molar refractivity (Wildman–Crippen MR) is 92.2 cm³/mol. The fourth-order valence-corrected chi connectivity index (χ4v) is 2.83. The molecular weight excluding hydrogens is 324 g/mol. The summed E-state index contributed by atoms with van der Waals surface area (Å²) >= 11 is 0. The second kappa shape index (κ2) is 9.39. The smallest absolute Gasteiger partial charge is 0.331 e. The van der Waals surface area contributed by atoms with Gasteiger partial charge in [0.05, 0.1) is 26.4 Å². The van der Waals surface area contributed by atoms with Crippen molar-refractivity contribution in [1.29, 1.82) is 0 Å². The Bertz CT molecular complexity index is 567. The summed E-state index contributed by atoms with van der Waals surface area (Å²) in [6.45, 7) is 1.12. The zero-order valence-corrected chi connectivity index (χ0v) is 14.8. The quantitative estimate of drug-likeness (QED) is 0.730. The van der Waals surface area contributed by atoms with Crippen LogP contribution in [0, 0.1) is 0 Å². The van der Waals surface area contributed by atoms with Gasteiger partial charge in [0.1, 0.15) is 12.4 Å². The van der Waals surface area contributed by atoms with Crippen LogP contribution in [0.2, 0.25) is 0 Å². The number of rotatable bonds is 7. The number of methoxy groups -OCH3 is 2. The molecule has 2 rings (SSSR count). The second-order valence-corrected chi connectivity index (χ2v) is 6.07. The van der Waals surface area contributed by atoms with Crippen molar-refractivity contribution in [2.24, 2.45) is 5.73 Å². The monoisotopic (exact) mass is 350 g/mol. The normalized spacial score (nSPS) is 16.4. The summed E-state index contributed by atoms with van der Waals surface area (Å²) in [5, 5.41) is 0. The van der Waals surface area contributed by atoms with Crippen LogP contribution in [-0.4, -0.2) is 62.8 Å². The van der Waals surface area contributed by atoms with Crippen molar-refractivity contribution in [3.8, 4) is 5.75 Å². The zero-order valence-electron chi connectivity index (χ0n) is 14.8. The van der Waals surface area contributed by atoms with E-state index in [1.165, 1.54) is 7.11 Å². The molecule has 1 saturated heterocycles. The number of carbonyl (C=O) groups is 2. The van der Waals surface area contributed by atoms with Crippen molar-refractivity contribution in [2.45, 2.75) is 31.4 Å². The van der Waals surface area contributed by atoms with Crippen LogP contribution >= 0.6 is 0 Å². The van der Waals surface area contributed by atoms with E-state index in [-0.39, 0.29) is 24.6 Å². The molecule has 0 saturated carbocycles.